The van der Waals surface area contributed by atoms with Crippen molar-refractivity contribution in [2.45, 2.75) is 6.61 Å². The van der Waals surface area contributed by atoms with Gasteiger partial charge in [0, 0.05) is 28.3 Å². The van der Waals surface area contributed by atoms with Crippen LogP contribution in [-0.4, -0.2) is 32.2 Å². The Balaban J connectivity index is 1.68. The molecule has 1 aromatic heterocycles. The zero-order chi connectivity index (χ0) is 25.2. The van der Waals surface area contributed by atoms with Gasteiger partial charge < -0.3 is 9.47 Å². The molecule has 0 aliphatic carbocycles. The normalized spacial score (nSPS) is 11.5. The molecule has 35 heavy (non-hydrogen) atoms. The van der Waals surface area contributed by atoms with Crippen LogP contribution >= 0.6 is 11.6 Å². The van der Waals surface area contributed by atoms with Gasteiger partial charge in [-0.15, -0.1) is 0 Å². The number of hydrogen-bond acceptors (Lipinski definition) is 6. The Morgan fingerprint density at radius 3 is 2.49 bits per heavy atom. The molecule has 0 aliphatic rings. The molecule has 0 atom stereocenters. The van der Waals surface area contributed by atoms with Gasteiger partial charge in [-0.05, 0) is 35.7 Å². The standard InChI is InChI=1S/C24H17ClF2N2O5S/c1-35(31,32)29-22(30)15-9-10-18(21(12-15)34-24(26)27)16-11-19(25)23(28-13-16)33-20-8-4-6-14-5-2-3-7-17(14)20/h2-13,24H,1H3,(H,29,30). The van der Waals surface area contributed by atoms with E-state index in [0.717, 1.165) is 23.1 Å². The zero-order valence-corrected chi connectivity index (χ0v) is 19.6. The second kappa shape index (κ2) is 9.85. The Morgan fingerprint density at radius 2 is 1.77 bits per heavy atom. The summed E-state index contributed by atoms with van der Waals surface area (Å²) >= 11 is 6.39. The SMILES string of the molecule is CS(=O)(=O)NC(=O)c1ccc(-c2cnc(Oc3cccc4ccccc34)c(Cl)c2)c(OC(F)F)c1. The number of hydrogen-bond donors (Lipinski definition) is 1. The molecule has 4 aromatic rings. The fraction of sp³-hybridized carbons (Fsp3) is 0.0833. The molecule has 0 bridgehead atoms. The highest BCUT2D eigenvalue weighted by molar-refractivity contribution is 7.89. The molecule has 1 heterocycles. The van der Waals surface area contributed by atoms with Crippen molar-refractivity contribution in [3.63, 3.8) is 0 Å². The summed E-state index contributed by atoms with van der Waals surface area (Å²) in [5, 5.41) is 1.93. The molecule has 0 saturated heterocycles. The van der Waals surface area contributed by atoms with Crippen LogP contribution in [0.2, 0.25) is 5.02 Å². The molecule has 0 fully saturated rings. The molecule has 4 rings (SSSR count). The summed E-state index contributed by atoms with van der Waals surface area (Å²) in [5.74, 6) is -0.713. The summed E-state index contributed by atoms with van der Waals surface area (Å²) < 4.78 is 61.0. The third kappa shape index (κ3) is 5.84. The lowest BCUT2D eigenvalue weighted by atomic mass is 10.0. The Bertz CT molecular complexity index is 1520. The predicted octanol–water partition coefficient (Wildman–Crippen LogP) is 5.64. The number of carbonyl (C=O) groups excluding carboxylic acids is 1. The number of carbonyl (C=O) groups is 1. The monoisotopic (exact) mass is 518 g/mol. The van der Waals surface area contributed by atoms with Crippen molar-refractivity contribution in [1.29, 1.82) is 0 Å². The maximum atomic E-state index is 13.1. The van der Waals surface area contributed by atoms with E-state index in [1.54, 1.807) is 10.8 Å². The fourth-order valence-corrected chi connectivity index (χ4v) is 4.02. The Morgan fingerprint density at radius 1 is 1.03 bits per heavy atom. The third-order valence-corrected chi connectivity index (χ3v) is 5.64. The third-order valence-electron chi connectivity index (χ3n) is 4.81. The van der Waals surface area contributed by atoms with E-state index in [2.05, 4.69) is 9.72 Å². The Kier molecular flexibility index (Phi) is 6.86. The van der Waals surface area contributed by atoms with Gasteiger partial charge in [-0.25, -0.2) is 18.1 Å². The first-order valence-electron chi connectivity index (χ1n) is 10.0. The number of benzene rings is 3. The quantitative estimate of drug-likeness (QED) is 0.340. The summed E-state index contributed by atoms with van der Waals surface area (Å²) in [6, 6.07) is 18.2. The van der Waals surface area contributed by atoms with Gasteiger partial charge >= 0.3 is 6.61 Å². The second-order valence-corrected chi connectivity index (χ2v) is 9.54. The van der Waals surface area contributed by atoms with Crippen LogP contribution < -0.4 is 14.2 Å². The number of halogens is 3. The number of fused-ring (bicyclic) bond motifs is 1. The van der Waals surface area contributed by atoms with Crippen LogP contribution in [-0.2, 0) is 10.0 Å². The lowest BCUT2D eigenvalue weighted by Crippen LogP contribution is -2.29. The number of rotatable bonds is 7. The van der Waals surface area contributed by atoms with Crippen molar-refractivity contribution < 1.29 is 31.5 Å². The minimum atomic E-state index is -3.85. The highest BCUT2D eigenvalue weighted by Crippen LogP contribution is 2.37. The minimum Gasteiger partial charge on any atom is -0.437 e. The smallest absolute Gasteiger partial charge is 0.387 e. The second-order valence-electron chi connectivity index (χ2n) is 7.38. The van der Waals surface area contributed by atoms with Crippen molar-refractivity contribution in [3.05, 3.63) is 83.5 Å². The first kappa shape index (κ1) is 24.4. The molecule has 0 spiro atoms. The number of nitrogens with zero attached hydrogens (tertiary/aromatic N) is 1. The van der Waals surface area contributed by atoms with Gasteiger partial charge in [0.2, 0.25) is 15.9 Å². The van der Waals surface area contributed by atoms with Crippen molar-refractivity contribution in [2.24, 2.45) is 0 Å². The van der Waals surface area contributed by atoms with E-state index in [1.165, 1.54) is 24.4 Å². The minimum absolute atomic E-state index is 0.104. The van der Waals surface area contributed by atoms with E-state index < -0.39 is 22.5 Å². The number of ether oxygens (including phenoxy) is 2. The van der Waals surface area contributed by atoms with Crippen molar-refractivity contribution in [1.82, 2.24) is 9.71 Å². The van der Waals surface area contributed by atoms with Crippen LogP contribution in [0.25, 0.3) is 21.9 Å². The number of pyridine rings is 1. The highest BCUT2D eigenvalue weighted by Gasteiger charge is 2.19. The van der Waals surface area contributed by atoms with E-state index in [1.807, 2.05) is 36.4 Å². The fourth-order valence-electron chi connectivity index (χ4n) is 3.36. The van der Waals surface area contributed by atoms with Gasteiger partial charge in [0.25, 0.3) is 5.91 Å². The lowest BCUT2D eigenvalue weighted by molar-refractivity contribution is -0.0495. The Hall–Kier alpha value is -3.76. The van der Waals surface area contributed by atoms with E-state index in [0.29, 0.717) is 11.3 Å². The molecular formula is C24H17ClF2N2O5S. The van der Waals surface area contributed by atoms with E-state index in [4.69, 9.17) is 16.3 Å². The maximum Gasteiger partial charge on any atom is 0.387 e. The number of sulfonamides is 1. The molecule has 0 aliphatic heterocycles. The molecule has 0 unspecified atom stereocenters. The summed E-state index contributed by atoms with van der Waals surface area (Å²) in [5.41, 5.74) is 0.281. The largest absolute Gasteiger partial charge is 0.437 e. The first-order chi connectivity index (χ1) is 16.6. The zero-order valence-electron chi connectivity index (χ0n) is 18.0. The topological polar surface area (TPSA) is 94.6 Å². The maximum absolute atomic E-state index is 13.1. The van der Waals surface area contributed by atoms with E-state index in [-0.39, 0.29) is 27.8 Å². The van der Waals surface area contributed by atoms with E-state index in [9.17, 15) is 22.0 Å². The first-order valence-corrected chi connectivity index (χ1v) is 12.3. The van der Waals surface area contributed by atoms with Crippen molar-refractivity contribution in [3.8, 4) is 28.5 Å². The van der Waals surface area contributed by atoms with Crippen LogP contribution in [0.3, 0.4) is 0 Å². The number of amides is 1. The van der Waals surface area contributed by atoms with Crippen LogP contribution in [0.15, 0.2) is 72.9 Å². The van der Waals surface area contributed by atoms with Crippen LogP contribution in [0.4, 0.5) is 8.78 Å². The molecule has 3 aromatic carbocycles. The average molecular weight is 519 g/mol. The number of nitrogens with one attached hydrogen (secondary N) is 1. The molecule has 180 valence electrons. The molecular weight excluding hydrogens is 502 g/mol. The average Bonchev–Trinajstić information content (AvgIpc) is 2.79. The van der Waals surface area contributed by atoms with Gasteiger partial charge in [0.1, 0.15) is 16.5 Å². The van der Waals surface area contributed by atoms with Gasteiger partial charge in [-0.1, -0.05) is 48.0 Å². The Labute approximate surface area is 204 Å². The van der Waals surface area contributed by atoms with Crippen LogP contribution in [0.1, 0.15) is 10.4 Å². The summed E-state index contributed by atoms with van der Waals surface area (Å²) in [6.45, 7) is -3.20. The highest BCUT2D eigenvalue weighted by atomic mass is 35.5. The van der Waals surface area contributed by atoms with Gasteiger partial charge in [-0.3, -0.25) is 4.79 Å². The van der Waals surface area contributed by atoms with Gasteiger partial charge in [-0.2, -0.15) is 8.78 Å². The molecule has 7 nitrogen and oxygen atoms in total. The molecule has 11 heteroatoms. The summed E-state index contributed by atoms with van der Waals surface area (Å²) in [4.78, 5) is 16.4. The van der Waals surface area contributed by atoms with Crippen LogP contribution in [0, 0.1) is 0 Å². The van der Waals surface area contributed by atoms with Gasteiger partial charge in [0.05, 0.1) is 6.26 Å². The van der Waals surface area contributed by atoms with Crippen molar-refractivity contribution >= 4 is 38.3 Å². The van der Waals surface area contributed by atoms with Crippen LogP contribution in [0.5, 0.6) is 17.4 Å². The molecule has 0 radical (unpaired) electrons. The number of alkyl halides is 2. The van der Waals surface area contributed by atoms with Crippen molar-refractivity contribution in [2.75, 3.05) is 6.26 Å². The summed E-state index contributed by atoms with van der Waals surface area (Å²) in [6.07, 6.45) is 2.15. The molecule has 1 amide bonds. The lowest BCUT2D eigenvalue weighted by Gasteiger charge is -2.14. The predicted molar refractivity (Wildman–Crippen MR) is 128 cm³/mol. The van der Waals surface area contributed by atoms with E-state index >= 15 is 0 Å². The van der Waals surface area contributed by atoms with Gasteiger partial charge in [0.15, 0.2) is 0 Å². The summed E-state index contributed by atoms with van der Waals surface area (Å²) in [7, 11) is -3.85. The number of aromatic nitrogens is 1. The molecule has 0 saturated carbocycles. The molecule has 1 N–H and O–H groups in total.